The number of likely N-dealkylation sites (N-methyl/N-ethyl adjacent to an activating group) is 2. The molecule has 2 nitrogen and oxygen atoms in total. The van der Waals surface area contributed by atoms with E-state index in [1.165, 1.54) is 6.54 Å². The first kappa shape index (κ1) is 10.5. The summed E-state index contributed by atoms with van der Waals surface area (Å²) in [7, 11) is 6.62. The van der Waals surface area contributed by atoms with Gasteiger partial charge >= 0.3 is 0 Å². The summed E-state index contributed by atoms with van der Waals surface area (Å²) in [6.45, 7) is 9.23. The third-order valence-corrected chi connectivity index (χ3v) is 1.72. The molecule has 0 spiro atoms. The van der Waals surface area contributed by atoms with Crippen molar-refractivity contribution in [3.63, 3.8) is 0 Å². The van der Waals surface area contributed by atoms with Crippen LogP contribution in [0.2, 0.25) is 0 Å². The predicted molar refractivity (Wildman–Crippen MR) is 50.3 cm³/mol. The zero-order chi connectivity index (χ0) is 8.91. The molecule has 0 aromatic heterocycles. The van der Waals surface area contributed by atoms with Gasteiger partial charge in [0.1, 0.15) is 0 Å². The molecule has 0 atom stereocenters. The highest BCUT2D eigenvalue weighted by atomic mass is 15.3. The van der Waals surface area contributed by atoms with E-state index in [9.17, 15) is 0 Å². The zero-order valence-electron chi connectivity index (χ0n) is 8.30. The number of quaternary nitrogens is 1. The van der Waals surface area contributed by atoms with E-state index >= 15 is 0 Å². The molecular weight excluding hydrogens is 136 g/mol. The van der Waals surface area contributed by atoms with Gasteiger partial charge in [0.05, 0.1) is 34.2 Å². The molecule has 0 aromatic carbocycles. The van der Waals surface area contributed by atoms with Gasteiger partial charge in [-0.1, -0.05) is 6.58 Å². The average Bonchev–Trinajstić information content (AvgIpc) is 1.88. The fourth-order valence-electron chi connectivity index (χ4n) is 0.807. The van der Waals surface area contributed by atoms with Gasteiger partial charge in [-0.15, -0.1) is 0 Å². The maximum Gasteiger partial charge on any atom is 0.0958 e. The number of rotatable bonds is 5. The van der Waals surface area contributed by atoms with Crippen molar-refractivity contribution in [2.45, 2.75) is 6.92 Å². The predicted octanol–water partition coefficient (Wildman–Crippen LogP) is 1.16. The van der Waals surface area contributed by atoms with Crippen molar-refractivity contribution >= 4 is 0 Å². The van der Waals surface area contributed by atoms with Crippen LogP contribution in [0.5, 0.6) is 0 Å². The summed E-state index contributed by atoms with van der Waals surface area (Å²) in [6.07, 6.45) is 1.91. The van der Waals surface area contributed by atoms with Gasteiger partial charge in [0.15, 0.2) is 0 Å². The van der Waals surface area contributed by atoms with Crippen molar-refractivity contribution < 1.29 is 4.48 Å². The molecule has 0 unspecified atom stereocenters. The van der Waals surface area contributed by atoms with Crippen molar-refractivity contribution in [1.29, 1.82) is 0 Å². The van der Waals surface area contributed by atoms with E-state index in [0.29, 0.717) is 0 Å². The van der Waals surface area contributed by atoms with Crippen LogP contribution >= 0.6 is 0 Å². The molecule has 0 amide bonds. The normalized spacial score (nSPS) is 11.3. The van der Waals surface area contributed by atoms with Gasteiger partial charge in [0.25, 0.3) is 0 Å². The molecule has 0 N–H and O–H groups in total. The Morgan fingerprint density at radius 2 is 1.91 bits per heavy atom. The van der Waals surface area contributed by atoms with Crippen LogP contribution in [0, 0.1) is 0 Å². The minimum atomic E-state index is 1.02. The van der Waals surface area contributed by atoms with E-state index in [1.54, 1.807) is 0 Å². The summed E-state index contributed by atoms with van der Waals surface area (Å²) in [5, 5.41) is 0. The number of nitrogens with zero attached hydrogens (tertiary/aromatic N) is 2. The second-order valence-electron chi connectivity index (χ2n) is 3.83. The first-order valence-electron chi connectivity index (χ1n) is 4.16. The molecule has 0 aliphatic heterocycles. The quantitative estimate of drug-likeness (QED) is 0.541. The maximum absolute atomic E-state index is 3.75. The molecule has 0 saturated heterocycles. The molecule has 0 aliphatic carbocycles. The SMILES string of the molecule is C=CN(CC)CC[N+](C)(C)C. The Bertz CT molecular complexity index is 113. The summed E-state index contributed by atoms with van der Waals surface area (Å²) >= 11 is 0. The Kier molecular flexibility index (Phi) is 4.19. The smallest absolute Gasteiger partial charge is 0.0958 e. The molecule has 11 heavy (non-hydrogen) atoms. The van der Waals surface area contributed by atoms with Crippen LogP contribution in [0.1, 0.15) is 6.92 Å². The van der Waals surface area contributed by atoms with Gasteiger partial charge < -0.3 is 9.38 Å². The van der Waals surface area contributed by atoms with E-state index in [4.69, 9.17) is 0 Å². The minimum Gasteiger partial charge on any atom is -0.373 e. The third-order valence-electron chi connectivity index (χ3n) is 1.72. The van der Waals surface area contributed by atoms with Crippen molar-refractivity contribution in [3.05, 3.63) is 12.8 Å². The average molecular weight is 157 g/mol. The Balaban J connectivity index is 3.59. The molecule has 66 valence electrons. The second-order valence-corrected chi connectivity index (χ2v) is 3.83. The topological polar surface area (TPSA) is 3.24 Å². The summed E-state index contributed by atoms with van der Waals surface area (Å²) in [5.41, 5.74) is 0. The second kappa shape index (κ2) is 4.39. The fraction of sp³-hybridized carbons (Fsp3) is 0.778. The van der Waals surface area contributed by atoms with Crippen LogP contribution in [0.3, 0.4) is 0 Å². The van der Waals surface area contributed by atoms with Gasteiger partial charge in [0, 0.05) is 6.54 Å². The van der Waals surface area contributed by atoms with E-state index in [0.717, 1.165) is 17.6 Å². The van der Waals surface area contributed by atoms with Crippen LogP contribution in [0.25, 0.3) is 0 Å². The first-order chi connectivity index (χ1) is 4.99. The van der Waals surface area contributed by atoms with Gasteiger partial charge in [-0.2, -0.15) is 0 Å². The summed E-state index contributed by atoms with van der Waals surface area (Å²) in [6, 6.07) is 0. The Morgan fingerprint density at radius 1 is 1.36 bits per heavy atom. The standard InChI is InChI=1S/C9H21N2/c1-6-10(7-2)8-9-11(3,4)5/h6H,1,7-9H2,2-5H3/q+1. The van der Waals surface area contributed by atoms with E-state index in [-0.39, 0.29) is 0 Å². The van der Waals surface area contributed by atoms with Gasteiger partial charge in [0.2, 0.25) is 0 Å². The van der Waals surface area contributed by atoms with Crippen LogP contribution in [-0.4, -0.2) is 50.2 Å². The molecule has 0 heterocycles. The number of hydrogen-bond acceptors (Lipinski definition) is 1. The lowest BCUT2D eigenvalue weighted by molar-refractivity contribution is -0.869. The van der Waals surface area contributed by atoms with Crippen LogP contribution in [0.15, 0.2) is 12.8 Å². The molecule has 0 rings (SSSR count). The molecule has 0 bridgehead atoms. The van der Waals surface area contributed by atoms with Crippen molar-refractivity contribution in [2.75, 3.05) is 40.8 Å². The zero-order valence-corrected chi connectivity index (χ0v) is 8.30. The maximum atomic E-state index is 3.75. The Morgan fingerprint density at radius 3 is 2.18 bits per heavy atom. The van der Waals surface area contributed by atoms with E-state index in [2.05, 4.69) is 39.5 Å². The molecule has 0 aliphatic rings. The summed E-state index contributed by atoms with van der Waals surface area (Å²) < 4.78 is 1.02. The lowest BCUT2D eigenvalue weighted by atomic mass is 10.4. The molecular formula is C9H21N2+. The Hall–Kier alpha value is -0.500. The van der Waals surface area contributed by atoms with Gasteiger partial charge in [-0.25, -0.2) is 0 Å². The summed E-state index contributed by atoms with van der Waals surface area (Å²) in [5.74, 6) is 0. The largest absolute Gasteiger partial charge is 0.373 e. The third kappa shape index (κ3) is 5.92. The molecule has 0 saturated carbocycles. The lowest BCUT2D eigenvalue weighted by Gasteiger charge is -2.27. The molecule has 0 fully saturated rings. The van der Waals surface area contributed by atoms with Crippen LogP contribution < -0.4 is 0 Å². The number of hydrogen-bond donors (Lipinski definition) is 0. The molecule has 0 aromatic rings. The van der Waals surface area contributed by atoms with E-state index in [1.807, 2.05) is 6.20 Å². The van der Waals surface area contributed by atoms with Crippen LogP contribution in [-0.2, 0) is 0 Å². The highest BCUT2D eigenvalue weighted by molar-refractivity contribution is 4.68. The molecule has 2 heteroatoms. The first-order valence-corrected chi connectivity index (χ1v) is 4.16. The Labute approximate surface area is 70.7 Å². The monoisotopic (exact) mass is 157 g/mol. The van der Waals surface area contributed by atoms with Gasteiger partial charge in [-0.05, 0) is 13.1 Å². The highest BCUT2D eigenvalue weighted by Gasteiger charge is 2.07. The van der Waals surface area contributed by atoms with Crippen molar-refractivity contribution in [1.82, 2.24) is 4.90 Å². The fourth-order valence-corrected chi connectivity index (χ4v) is 0.807. The van der Waals surface area contributed by atoms with Gasteiger partial charge in [-0.3, -0.25) is 0 Å². The van der Waals surface area contributed by atoms with Crippen molar-refractivity contribution in [3.8, 4) is 0 Å². The molecule has 0 radical (unpaired) electrons. The van der Waals surface area contributed by atoms with Crippen LogP contribution in [0.4, 0.5) is 0 Å². The lowest BCUT2D eigenvalue weighted by Crippen LogP contribution is -2.40. The summed E-state index contributed by atoms with van der Waals surface area (Å²) in [4.78, 5) is 2.23. The van der Waals surface area contributed by atoms with E-state index < -0.39 is 0 Å². The van der Waals surface area contributed by atoms with Crippen molar-refractivity contribution in [2.24, 2.45) is 0 Å². The highest BCUT2D eigenvalue weighted by Crippen LogP contribution is 1.93. The minimum absolute atomic E-state index is 1.02.